The van der Waals surface area contributed by atoms with Crippen LogP contribution in [0.3, 0.4) is 0 Å². The van der Waals surface area contributed by atoms with Gasteiger partial charge in [0.05, 0.1) is 0 Å². The van der Waals surface area contributed by atoms with E-state index in [1.807, 2.05) is 37.3 Å². The van der Waals surface area contributed by atoms with E-state index in [0.29, 0.717) is 23.2 Å². The van der Waals surface area contributed by atoms with Crippen LogP contribution in [0.5, 0.6) is 0 Å². The van der Waals surface area contributed by atoms with Gasteiger partial charge in [-0.1, -0.05) is 43.7 Å². The number of esters is 1. The molecular formula is C19H23NO3. The summed E-state index contributed by atoms with van der Waals surface area (Å²) in [7, 11) is 0. The number of carbonyl (C=O) groups is 2. The standard InChI is InChI=1S/C19H23NO3/c1-4-5-11-16(21)17-13(2)18(20-14(17)3)19(22)23-12-15-9-7-6-8-10-15/h6-10,20H,4-5,11-12H2,1-3H3. The van der Waals surface area contributed by atoms with E-state index in [0.717, 1.165) is 24.1 Å². The SMILES string of the molecule is CCCCC(=O)c1c(C)[nH]c(C(=O)OCc2ccccc2)c1C. The molecule has 0 bridgehead atoms. The third-order valence-corrected chi connectivity index (χ3v) is 3.89. The lowest BCUT2D eigenvalue weighted by Gasteiger charge is -2.05. The van der Waals surface area contributed by atoms with Crippen molar-refractivity contribution in [3.05, 3.63) is 58.4 Å². The van der Waals surface area contributed by atoms with Gasteiger partial charge in [-0.15, -0.1) is 0 Å². The van der Waals surface area contributed by atoms with E-state index in [9.17, 15) is 9.59 Å². The second kappa shape index (κ2) is 7.77. The molecule has 1 heterocycles. The zero-order valence-corrected chi connectivity index (χ0v) is 13.9. The van der Waals surface area contributed by atoms with Crippen LogP contribution in [0.1, 0.15) is 63.9 Å². The Bertz CT molecular complexity index is 686. The Morgan fingerprint density at radius 1 is 1.13 bits per heavy atom. The lowest BCUT2D eigenvalue weighted by atomic mass is 10.0. The predicted octanol–water partition coefficient (Wildman–Crippen LogP) is 4.36. The molecule has 0 spiro atoms. The third-order valence-electron chi connectivity index (χ3n) is 3.89. The van der Waals surface area contributed by atoms with Crippen molar-refractivity contribution in [3.8, 4) is 0 Å². The summed E-state index contributed by atoms with van der Waals surface area (Å²) in [6, 6.07) is 9.52. The zero-order valence-electron chi connectivity index (χ0n) is 13.9. The molecule has 23 heavy (non-hydrogen) atoms. The number of aryl methyl sites for hydroxylation is 1. The highest BCUT2D eigenvalue weighted by atomic mass is 16.5. The van der Waals surface area contributed by atoms with E-state index < -0.39 is 5.97 Å². The number of H-pyrrole nitrogens is 1. The minimum Gasteiger partial charge on any atom is -0.456 e. The molecule has 0 fully saturated rings. The summed E-state index contributed by atoms with van der Waals surface area (Å²) in [5, 5.41) is 0. The van der Waals surface area contributed by atoms with Crippen LogP contribution in [-0.2, 0) is 11.3 Å². The fraction of sp³-hybridized carbons (Fsp3) is 0.368. The van der Waals surface area contributed by atoms with Gasteiger partial charge in [0.15, 0.2) is 5.78 Å². The molecule has 0 amide bonds. The number of ketones is 1. The van der Waals surface area contributed by atoms with Crippen molar-refractivity contribution >= 4 is 11.8 Å². The molecule has 4 heteroatoms. The van der Waals surface area contributed by atoms with Crippen molar-refractivity contribution in [2.75, 3.05) is 0 Å². The lowest BCUT2D eigenvalue weighted by Crippen LogP contribution is -2.08. The Balaban J connectivity index is 2.10. The molecule has 122 valence electrons. The third kappa shape index (κ3) is 4.09. The summed E-state index contributed by atoms with van der Waals surface area (Å²) < 4.78 is 5.34. The summed E-state index contributed by atoms with van der Waals surface area (Å²) >= 11 is 0. The topological polar surface area (TPSA) is 59.2 Å². The van der Waals surface area contributed by atoms with Crippen molar-refractivity contribution in [1.29, 1.82) is 0 Å². The average Bonchev–Trinajstić information content (AvgIpc) is 2.86. The van der Waals surface area contributed by atoms with Gasteiger partial charge in [-0.05, 0) is 31.4 Å². The van der Waals surface area contributed by atoms with Crippen LogP contribution >= 0.6 is 0 Å². The van der Waals surface area contributed by atoms with Gasteiger partial charge in [0, 0.05) is 17.7 Å². The molecule has 0 atom stereocenters. The minimum atomic E-state index is -0.427. The molecule has 1 N–H and O–H groups in total. The van der Waals surface area contributed by atoms with Crippen molar-refractivity contribution in [2.24, 2.45) is 0 Å². The number of carbonyl (C=O) groups excluding carboxylic acids is 2. The fourth-order valence-corrected chi connectivity index (χ4v) is 2.63. The highest BCUT2D eigenvalue weighted by Crippen LogP contribution is 2.21. The van der Waals surface area contributed by atoms with E-state index in [4.69, 9.17) is 4.74 Å². The summed E-state index contributed by atoms with van der Waals surface area (Å²) in [4.78, 5) is 27.6. The number of ether oxygens (including phenoxy) is 1. The van der Waals surface area contributed by atoms with Gasteiger partial charge >= 0.3 is 5.97 Å². The summed E-state index contributed by atoms with van der Waals surface area (Å²) in [6.07, 6.45) is 2.34. The summed E-state index contributed by atoms with van der Waals surface area (Å²) in [6.45, 7) is 5.88. The Kier molecular flexibility index (Phi) is 5.74. The van der Waals surface area contributed by atoms with E-state index in [1.165, 1.54) is 0 Å². The molecule has 2 aromatic rings. The number of aromatic nitrogens is 1. The second-order valence-corrected chi connectivity index (χ2v) is 5.71. The Morgan fingerprint density at radius 3 is 2.48 bits per heavy atom. The second-order valence-electron chi connectivity index (χ2n) is 5.71. The zero-order chi connectivity index (χ0) is 16.8. The maximum atomic E-state index is 12.3. The smallest absolute Gasteiger partial charge is 0.355 e. The highest BCUT2D eigenvalue weighted by Gasteiger charge is 2.22. The van der Waals surface area contributed by atoms with E-state index in [-0.39, 0.29) is 12.4 Å². The fourth-order valence-electron chi connectivity index (χ4n) is 2.63. The number of hydrogen-bond donors (Lipinski definition) is 1. The number of benzene rings is 1. The number of Topliss-reactive ketones (excluding diaryl/α,β-unsaturated/α-hetero) is 1. The van der Waals surface area contributed by atoms with Crippen molar-refractivity contribution < 1.29 is 14.3 Å². The quantitative estimate of drug-likeness (QED) is 0.610. The van der Waals surface area contributed by atoms with Crippen molar-refractivity contribution in [1.82, 2.24) is 4.98 Å². The van der Waals surface area contributed by atoms with Crippen LogP contribution in [0.2, 0.25) is 0 Å². The molecular weight excluding hydrogens is 290 g/mol. The average molecular weight is 313 g/mol. The first-order valence-corrected chi connectivity index (χ1v) is 7.98. The van der Waals surface area contributed by atoms with E-state index >= 15 is 0 Å². The van der Waals surface area contributed by atoms with Gasteiger partial charge in [0.25, 0.3) is 0 Å². The van der Waals surface area contributed by atoms with E-state index in [2.05, 4.69) is 11.9 Å². The van der Waals surface area contributed by atoms with Crippen LogP contribution in [-0.4, -0.2) is 16.7 Å². The van der Waals surface area contributed by atoms with Gasteiger partial charge in [0.2, 0.25) is 0 Å². The van der Waals surface area contributed by atoms with E-state index in [1.54, 1.807) is 6.92 Å². The Morgan fingerprint density at radius 2 is 1.83 bits per heavy atom. The molecule has 1 aromatic carbocycles. The summed E-state index contributed by atoms with van der Waals surface area (Å²) in [5.41, 5.74) is 3.35. The number of hydrogen-bond acceptors (Lipinski definition) is 3. The minimum absolute atomic E-state index is 0.0835. The Hall–Kier alpha value is -2.36. The molecule has 0 aliphatic carbocycles. The van der Waals surface area contributed by atoms with Crippen LogP contribution in [0.15, 0.2) is 30.3 Å². The molecule has 0 radical (unpaired) electrons. The highest BCUT2D eigenvalue weighted by molar-refractivity contribution is 6.02. The monoisotopic (exact) mass is 313 g/mol. The predicted molar refractivity (Wildman–Crippen MR) is 89.7 cm³/mol. The normalized spacial score (nSPS) is 10.6. The van der Waals surface area contributed by atoms with Gasteiger partial charge in [0.1, 0.15) is 12.3 Å². The molecule has 0 saturated heterocycles. The first-order chi connectivity index (χ1) is 11.0. The largest absolute Gasteiger partial charge is 0.456 e. The molecule has 0 unspecified atom stereocenters. The first kappa shape index (κ1) is 17.0. The van der Waals surface area contributed by atoms with Crippen LogP contribution < -0.4 is 0 Å². The number of nitrogens with one attached hydrogen (secondary N) is 1. The summed E-state index contributed by atoms with van der Waals surface area (Å²) in [5.74, 6) is -0.343. The number of aromatic amines is 1. The molecule has 0 aliphatic heterocycles. The molecule has 2 rings (SSSR count). The number of rotatable bonds is 7. The van der Waals surface area contributed by atoms with Crippen LogP contribution in [0.4, 0.5) is 0 Å². The van der Waals surface area contributed by atoms with Crippen LogP contribution in [0.25, 0.3) is 0 Å². The maximum absolute atomic E-state index is 12.3. The molecule has 1 aromatic heterocycles. The van der Waals surface area contributed by atoms with Gasteiger partial charge in [-0.3, -0.25) is 4.79 Å². The number of unbranched alkanes of at least 4 members (excludes halogenated alkanes) is 1. The van der Waals surface area contributed by atoms with Crippen LogP contribution in [0, 0.1) is 13.8 Å². The lowest BCUT2D eigenvalue weighted by molar-refractivity contribution is 0.0465. The molecule has 0 saturated carbocycles. The van der Waals surface area contributed by atoms with Gasteiger partial charge in [-0.2, -0.15) is 0 Å². The molecule has 0 aliphatic rings. The van der Waals surface area contributed by atoms with Crippen molar-refractivity contribution in [2.45, 2.75) is 46.6 Å². The van der Waals surface area contributed by atoms with Crippen molar-refractivity contribution in [3.63, 3.8) is 0 Å². The van der Waals surface area contributed by atoms with Gasteiger partial charge < -0.3 is 9.72 Å². The molecule has 4 nitrogen and oxygen atoms in total. The van der Waals surface area contributed by atoms with Gasteiger partial charge in [-0.25, -0.2) is 4.79 Å². The maximum Gasteiger partial charge on any atom is 0.355 e. The Labute approximate surface area is 136 Å². The first-order valence-electron chi connectivity index (χ1n) is 7.98.